The maximum atomic E-state index is 11.9. The summed E-state index contributed by atoms with van der Waals surface area (Å²) in [7, 11) is 4.66. The third kappa shape index (κ3) is 3.38. The Morgan fingerprint density at radius 3 is 2.62 bits per heavy atom. The average molecular weight is 290 g/mol. The van der Waals surface area contributed by atoms with E-state index in [4.69, 9.17) is 4.74 Å². The van der Waals surface area contributed by atoms with Crippen molar-refractivity contribution in [3.63, 3.8) is 0 Å². The number of aromatic nitrogens is 3. The van der Waals surface area contributed by atoms with Gasteiger partial charge in [0.1, 0.15) is 0 Å². The average Bonchev–Trinajstić information content (AvgIpc) is 2.51. The number of hydrogen-bond donors (Lipinski definition) is 1. The Balaban J connectivity index is 2.03. The third-order valence-corrected chi connectivity index (χ3v) is 3.17. The van der Waals surface area contributed by atoms with Gasteiger partial charge in [0, 0.05) is 51.2 Å². The largest absolute Gasteiger partial charge is 0.481 e. The lowest BCUT2D eigenvalue weighted by Crippen LogP contribution is -2.39. The Morgan fingerprint density at radius 1 is 1.24 bits per heavy atom. The van der Waals surface area contributed by atoms with Crippen LogP contribution in [-0.2, 0) is 27.2 Å². The molecule has 0 spiro atoms. The number of hydrogen-bond acceptors (Lipinski definition) is 5. The summed E-state index contributed by atoms with van der Waals surface area (Å²) in [5, 5.41) is 3.16. The van der Waals surface area contributed by atoms with Crippen molar-refractivity contribution < 1.29 is 4.74 Å². The van der Waals surface area contributed by atoms with Crippen molar-refractivity contribution in [2.75, 3.05) is 7.11 Å². The maximum absolute atomic E-state index is 11.9. The van der Waals surface area contributed by atoms with E-state index in [-0.39, 0.29) is 11.2 Å². The second-order valence-corrected chi connectivity index (χ2v) is 4.72. The molecule has 112 valence electrons. The van der Waals surface area contributed by atoms with Crippen LogP contribution in [0.4, 0.5) is 0 Å². The fraction of sp³-hybridized carbons (Fsp3) is 0.357. The molecular weight excluding hydrogens is 272 g/mol. The first-order valence-corrected chi connectivity index (χ1v) is 6.48. The molecule has 0 saturated carbocycles. The summed E-state index contributed by atoms with van der Waals surface area (Å²) in [6.07, 6.45) is 3.27. The minimum absolute atomic E-state index is 0.279. The van der Waals surface area contributed by atoms with Crippen LogP contribution >= 0.6 is 0 Å². The Morgan fingerprint density at radius 2 is 2.00 bits per heavy atom. The zero-order valence-corrected chi connectivity index (χ0v) is 12.3. The van der Waals surface area contributed by atoms with Crippen LogP contribution in [0.3, 0.4) is 0 Å². The van der Waals surface area contributed by atoms with Crippen LogP contribution in [-0.4, -0.2) is 21.2 Å². The highest BCUT2D eigenvalue weighted by atomic mass is 16.5. The number of methoxy groups -OCH3 is 1. The zero-order valence-electron chi connectivity index (χ0n) is 12.3. The third-order valence-electron chi connectivity index (χ3n) is 3.17. The molecule has 0 unspecified atom stereocenters. The number of ether oxygens (including phenoxy) is 1. The van der Waals surface area contributed by atoms with Crippen molar-refractivity contribution in [1.82, 2.24) is 19.4 Å². The van der Waals surface area contributed by atoms with Crippen LogP contribution in [0, 0.1) is 0 Å². The summed E-state index contributed by atoms with van der Waals surface area (Å²) in [6.45, 7) is 0.954. The quantitative estimate of drug-likeness (QED) is 0.823. The molecule has 0 fully saturated rings. The molecule has 0 saturated heterocycles. The van der Waals surface area contributed by atoms with Crippen LogP contribution in [0.25, 0.3) is 0 Å². The number of nitrogens with one attached hydrogen (secondary N) is 1. The molecule has 2 rings (SSSR count). The van der Waals surface area contributed by atoms with Crippen molar-refractivity contribution in [2.45, 2.75) is 13.1 Å². The molecule has 0 amide bonds. The van der Waals surface area contributed by atoms with Gasteiger partial charge in [-0.1, -0.05) is 6.07 Å². The summed E-state index contributed by atoms with van der Waals surface area (Å²) in [6, 6.07) is 3.68. The lowest BCUT2D eigenvalue weighted by Gasteiger charge is -2.08. The van der Waals surface area contributed by atoms with E-state index in [9.17, 15) is 9.59 Å². The normalized spacial score (nSPS) is 10.6. The van der Waals surface area contributed by atoms with E-state index in [1.165, 1.54) is 11.6 Å². The van der Waals surface area contributed by atoms with E-state index in [0.717, 1.165) is 10.1 Å². The lowest BCUT2D eigenvalue weighted by molar-refractivity contribution is 0.397. The van der Waals surface area contributed by atoms with Crippen molar-refractivity contribution in [2.24, 2.45) is 14.1 Å². The number of pyridine rings is 1. The molecular formula is C14H18N4O3. The van der Waals surface area contributed by atoms with Crippen LogP contribution in [0.5, 0.6) is 5.88 Å². The summed E-state index contributed by atoms with van der Waals surface area (Å²) in [4.78, 5) is 27.6. The molecule has 1 N–H and O–H groups in total. The van der Waals surface area contributed by atoms with Crippen molar-refractivity contribution in [3.05, 3.63) is 56.5 Å². The van der Waals surface area contributed by atoms with Gasteiger partial charge in [0.05, 0.1) is 7.11 Å². The highest BCUT2D eigenvalue weighted by Crippen LogP contribution is 2.06. The molecule has 0 radical (unpaired) electrons. The highest BCUT2D eigenvalue weighted by Gasteiger charge is 2.06. The van der Waals surface area contributed by atoms with Gasteiger partial charge < -0.3 is 14.6 Å². The molecule has 2 aromatic heterocycles. The fourth-order valence-corrected chi connectivity index (χ4v) is 1.98. The van der Waals surface area contributed by atoms with Crippen LogP contribution in [0.15, 0.2) is 34.1 Å². The van der Waals surface area contributed by atoms with Gasteiger partial charge in [-0.15, -0.1) is 0 Å². The smallest absolute Gasteiger partial charge is 0.330 e. The summed E-state index contributed by atoms with van der Waals surface area (Å²) >= 11 is 0. The van der Waals surface area contributed by atoms with Gasteiger partial charge in [-0.3, -0.25) is 9.36 Å². The fourth-order valence-electron chi connectivity index (χ4n) is 1.98. The second-order valence-electron chi connectivity index (χ2n) is 4.72. The van der Waals surface area contributed by atoms with Gasteiger partial charge >= 0.3 is 5.69 Å². The lowest BCUT2D eigenvalue weighted by atomic mass is 10.2. The Bertz CT molecular complexity index is 731. The molecule has 0 atom stereocenters. The monoisotopic (exact) mass is 290 g/mol. The first kappa shape index (κ1) is 15.0. The summed E-state index contributed by atoms with van der Waals surface area (Å²) in [5.74, 6) is 0.561. The summed E-state index contributed by atoms with van der Waals surface area (Å²) in [5.41, 5.74) is 0.917. The molecule has 0 aliphatic carbocycles. The van der Waals surface area contributed by atoms with Gasteiger partial charge in [0.25, 0.3) is 5.56 Å². The molecule has 0 aliphatic heterocycles. The predicted molar refractivity (Wildman–Crippen MR) is 78.3 cm³/mol. The first-order chi connectivity index (χ1) is 10.0. The molecule has 0 aromatic carbocycles. The molecule has 7 nitrogen and oxygen atoms in total. The van der Waals surface area contributed by atoms with Crippen LogP contribution in [0.1, 0.15) is 11.1 Å². The van der Waals surface area contributed by atoms with E-state index in [1.54, 1.807) is 32.6 Å². The minimum atomic E-state index is -0.330. The minimum Gasteiger partial charge on any atom is -0.481 e. The standard InChI is InChI=1S/C14H18N4O3/c1-17-9-11(13(19)18(2)14(17)20)8-15-6-10-4-5-12(21-3)16-7-10/h4-5,7,9,15H,6,8H2,1-3H3. The van der Waals surface area contributed by atoms with Crippen molar-refractivity contribution >= 4 is 0 Å². The topological polar surface area (TPSA) is 78.1 Å². The van der Waals surface area contributed by atoms with Crippen molar-refractivity contribution in [3.8, 4) is 5.88 Å². The van der Waals surface area contributed by atoms with E-state index in [2.05, 4.69) is 10.3 Å². The van der Waals surface area contributed by atoms with Crippen LogP contribution in [0.2, 0.25) is 0 Å². The maximum Gasteiger partial charge on any atom is 0.330 e. The van der Waals surface area contributed by atoms with Gasteiger partial charge in [0.2, 0.25) is 5.88 Å². The van der Waals surface area contributed by atoms with E-state index in [0.29, 0.717) is 24.5 Å². The number of nitrogens with zero attached hydrogens (tertiary/aromatic N) is 3. The van der Waals surface area contributed by atoms with Crippen LogP contribution < -0.4 is 21.3 Å². The van der Waals surface area contributed by atoms with E-state index < -0.39 is 0 Å². The molecule has 7 heteroatoms. The van der Waals surface area contributed by atoms with Gasteiger partial charge in [-0.2, -0.15) is 0 Å². The Hall–Kier alpha value is -2.41. The molecule has 0 bridgehead atoms. The van der Waals surface area contributed by atoms with Gasteiger partial charge in [0.15, 0.2) is 0 Å². The molecule has 2 heterocycles. The van der Waals surface area contributed by atoms with Crippen molar-refractivity contribution in [1.29, 1.82) is 0 Å². The highest BCUT2D eigenvalue weighted by molar-refractivity contribution is 5.17. The second kappa shape index (κ2) is 6.36. The zero-order chi connectivity index (χ0) is 15.4. The number of aryl methyl sites for hydroxylation is 1. The molecule has 21 heavy (non-hydrogen) atoms. The first-order valence-electron chi connectivity index (χ1n) is 6.48. The predicted octanol–water partition coefficient (Wildman–Crippen LogP) is -0.223. The van der Waals surface area contributed by atoms with Gasteiger partial charge in [-0.05, 0) is 5.56 Å². The molecule has 2 aromatic rings. The molecule has 0 aliphatic rings. The Labute approximate surface area is 121 Å². The van der Waals surface area contributed by atoms with Gasteiger partial charge in [-0.25, -0.2) is 9.78 Å². The summed E-state index contributed by atoms with van der Waals surface area (Å²) < 4.78 is 7.49. The Kier molecular flexibility index (Phi) is 4.54. The van der Waals surface area contributed by atoms with E-state index in [1.807, 2.05) is 6.07 Å². The SMILES string of the molecule is COc1ccc(CNCc2cn(C)c(=O)n(C)c2=O)cn1. The number of rotatable bonds is 5. The van der Waals surface area contributed by atoms with E-state index >= 15 is 0 Å².